The quantitative estimate of drug-likeness (QED) is 0.250. The first-order valence-electron chi connectivity index (χ1n) is 14.0. The number of nitriles is 1. The van der Waals surface area contributed by atoms with Crippen LogP contribution < -0.4 is 0 Å². The third kappa shape index (κ3) is 7.30. The lowest BCUT2D eigenvalue weighted by Gasteiger charge is -2.29. The van der Waals surface area contributed by atoms with Crippen LogP contribution >= 0.6 is 0 Å². The normalized spacial score (nSPS) is 17.6. The van der Waals surface area contributed by atoms with Gasteiger partial charge in [-0.05, 0) is 90.8 Å². The predicted molar refractivity (Wildman–Crippen MR) is 148 cm³/mol. The maximum absolute atomic E-state index is 14.8. The van der Waals surface area contributed by atoms with Gasteiger partial charge in [-0.25, -0.2) is 4.39 Å². The summed E-state index contributed by atoms with van der Waals surface area (Å²) in [5.74, 6) is 1.47. The summed E-state index contributed by atoms with van der Waals surface area (Å²) in [6, 6.07) is 23.9. The predicted octanol–water partition coefficient (Wildman–Crippen LogP) is 9.78. The molecule has 0 bridgehead atoms. The first-order chi connectivity index (χ1) is 17.7. The van der Waals surface area contributed by atoms with Gasteiger partial charge in [-0.1, -0.05) is 94.0 Å². The minimum Gasteiger partial charge on any atom is -0.206 e. The summed E-state index contributed by atoms with van der Waals surface area (Å²) in [5.41, 5.74) is 5.80. The van der Waals surface area contributed by atoms with Gasteiger partial charge in [0.1, 0.15) is 5.82 Å². The zero-order valence-corrected chi connectivity index (χ0v) is 21.8. The molecule has 0 atom stereocenters. The highest BCUT2D eigenvalue weighted by molar-refractivity contribution is 5.65. The van der Waals surface area contributed by atoms with Gasteiger partial charge in [-0.15, -0.1) is 0 Å². The van der Waals surface area contributed by atoms with Crippen LogP contribution in [0.3, 0.4) is 0 Å². The van der Waals surface area contributed by atoms with E-state index in [2.05, 4.69) is 37.3 Å². The van der Waals surface area contributed by atoms with Gasteiger partial charge in [-0.2, -0.15) is 5.26 Å². The first kappa shape index (κ1) is 26.2. The topological polar surface area (TPSA) is 23.8 Å². The lowest BCUT2D eigenvalue weighted by Crippen LogP contribution is -2.13. The monoisotopic (exact) mass is 481 g/mol. The molecule has 36 heavy (non-hydrogen) atoms. The van der Waals surface area contributed by atoms with Crippen molar-refractivity contribution in [2.24, 2.45) is 5.92 Å². The van der Waals surface area contributed by atoms with Crippen molar-refractivity contribution in [1.82, 2.24) is 0 Å². The van der Waals surface area contributed by atoms with Gasteiger partial charge in [0.05, 0.1) is 11.6 Å². The molecule has 1 nitrogen and oxygen atoms in total. The molecule has 188 valence electrons. The van der Waals surface area contributed by atoms with Gasteiger partial charge >= 0.3 is 0 Å². The van der Waals surface area contributed by atoms with Gasteiger partial charge in [0, 0.05) is 5.56 Å². The summed E-state index contributed by atoms with van der Waals surface area (Å²) >= 11 is 0. The molecule has 1 saturated carbocycles. The Morgan fingerprint density at radius 2 is 1.44 bits per heavy atom. The first-order valence-corrected chi connectivity index (χ1v) is 14.0. The van der Waals surface area contributed by atoms with Crippen molar-refractivity contribution in [3.63, 3.8) is 0 Å². The summed E-state index contributed by atoms with van der Waals surface area (Å²) in [5, 5.41) is 8.96. The molecule has 0 aliphatic heterocycles. The van der Waals surface area contributed by atoms with Crippen LogP contribution in [0.1, 0.15) is 99.3 Å². The van der Waals surface area contributed by atoms with E-state index in [1.165, 1.54) is 75.3 Å². The Balaban J connectivity index is 1.24. The molecule has 0 heterocycles. The highest BCUT2D eigenvalue weighted by Crippen LogP contribution is 2.38. The number of nitrogens with zero attached hydrogens (tertiary/aromatic N) is 1. The molecule has 1 aliphatic carbocycles. The van der Waals surface area contributed by atoms with E-state index in [-0.39, 0.29) is 5.82 Å². The van der Waals surface area contributed by atoms with Crippen molar-refractivity contribution in [3.8, 4) is 17.2 Å². The maximum atomic E-state index is 14.8. The highest BCUT2D eigenvalue weighted by atomic mass is 19.1. The van der Waals surface area contributed by atoms with Crippen LogP contribution in [-0.4, -0.2) is 0 Å². The second-order valence-corrected chi connectivity index (χ2v) is 10.7. The molecule has 0 aromatic heterocycles. The van der Waals surface area contributed by atoms with Crippen LogP contribution in [0.15, 0.2) is 66.7 Å². The van der Waals surface area contributed by atoms with E-state index >= 15 is 0 Å². The van der Waals surface area contributed by atoms with Gasteiger partial charge in [0.15, 0.2) is 0 Å². The summed E-state index contributed by atoms with van der Waals surface area (Å²) in [7, 11) is 0. The summed E-state index contributed by atoms with van der Waals surface area (Å²) in [6.07, 6.45) is 15.6. The van der Waals surface area contributed by atoms with Gasteiger partial charge in [0.2, 0.25) is 0 Å². The van der Waals surface area contributed by atoms with Crippen LogP contribution in [-0.2, 0) is 12.8 Å². The largest absolute Gasteiger partial charge is 0.206 e. The molecule has 1 aliphatic rings. The minimum atomic E-state index is -0.205. The molecule has 1 fully saturated rings. The second-order valence-electron chi connectivity index (χ2n) is 10.7. The van der Waals surface area contributed by atoms with E-state index in [0.29, 0.717) is 11.1 Å². The van der Waals surface area contributed by atoms with E-state index < -0.39 is 0 Å². The fourth-order valence-electron chi connectivity index (χ4n) is 5.74. The second kappa shape index (κ2) is 13.4. The number of hydrogen-bond acceptors (Lipinski definition) is 1. The van der Waals surface area contributed by atoms with Crippen molar-refractivity contribution in [2.75, 3.05) is 0 Å². The van der Waals surface area contributed by atoms with E-state index in [0.717, 1.165) is 35.8 Å². The molecule has 0 amide bonds. The number of aryl methyl sites for hydroxylation is 2. The summed E-state index contributed by atoms with van der Waals surface area (Å²) in [4.78, 5) is 0. The molecule has 0 radical (unpaired) electrons. The molecule has 3 aromatic carbocycles. The van der Waals surface area contributed by atoms with Gasteiger partial charge in [-0.3, -0.25) is 0 Å². The Morgan fingerprint density at radius 3 is 2.11 bits per heavy atom. The third-order valence-corrected chi connectivity index (χ3v) is 8.07. The Hall–Kier alpha value is -2.92. The van der Waals surface area contributed by atoms with Crippen molar-refractivity contribution in [1.29, 1.82) is 5.26 Å². The van der Waals surface area contributed by atoms with Crippen LogP contribution in [0, 0.1) is 23.1 Å². The molecule has 0 spiro atoms. The lowest BCUT2D eigenvalue weighted by atomic mass is 9.77. The van der Waals surface area contributed by atoms with Crippen LogP contribution in [0.25, 0.3) is 11.1 Å². The van der Waals surface area contributed by atoms with E-state index in [1.54, 1.807) is 30.3 Å². The molecule has 0 N–H and O–H groups in total. The van der Waals surface area contributed by atoms with Crippen LogP contribution in [0.2, 0.25) is 0 Å². The molecular weight excluding hydrogens is 441 g/mol. The zero-order chi connectivity index (χ0) is 25.2. The number of hydrogen-bond donors (Lipinski definition) is 0. The van der Waals surface area contributed by atoms with Gasteiger partial charge in [0.25, 0.3) is 0 Å². The molecule has 0 saturated heterocycles. The fourth-order valence-corrected chi connectivity index (χ4v) is 5.74. The van der Waals surface area contributed by atoms with E-state index in [4.69, 9.17) is 5.26 Å². The minimum absolute atomic E-state index is 0.205. The third-order valence-electron chi connectivity index (χ3n) is 8.07. The molecule has 2 heteroatoms. The van der Waals surface area contributed by atoms with E-state index in [9.17, 15) is 4.39 Å². The SMILES string of the molecule is CCCCCCC[C@H]1CC[C@H](c2ccc(CCc3ccc(-c4ccc(C#N)cc4)c(F)c3)cc2)CC1. The Morgan fingerprint density at radius 1 is 0.778 bits per heavy atom. The van der Waals surface area contributed by atoms with Crippen molar-refractivity contribution in [3.05, 3.63) is 94.8 Å². The standard InChI is InChI=1S/C34H40FN/c1-2-3-4-5-6-7-26-10-17-30(18-11-26)31-19-12-27(13-20-31)8-9-28-16-23-33(34(35)24-28)32-21-14-29(25-36)15-22-32/h12-16,19-24,26,30H,2-11,17-18H2,1H3/t26-,30-. The van der Waals surface area contributed by atoms with Crippen molar-refractivity contribution in [2.45, 2.75) is 89.9 Å². The fraction of sp³-hybridized carbons (Fsp3) is 0.441. The molecule has 3 aromatic rings. The summed E-state index contributed by atoms with van der Waals surface area (Å²) in [6.45, 7) is 2.29. The van der Waals surface area contributed by atoms with Gasteiger partial charge < -0.3 is 0 Å². The number of rotatable bonds is 11. The molecular formula is C34H40FN. The lowest BCUT2D eigenvalue weighted by molar-refractivity contribution is 0.302. The zero-order valence-electron chi connectivity index (χ0n) is 21.8. The molecule has 4 rings (SSSR count). The average Bonchev–Trinajstić information content (AvgIpc) is 2.93. The summed E-state index contributed by atoms with van der Waals surface area (Å²) < 4.78 is 14.8. The van der Waals surface area contributed by atoms with Crippen molar-refractivity contribution < 1.29 is 4.39 Å². The van der Waals surface area contributed by atoms with Crippen molar-refractivity contribution >= 4 is 0 Å². The number of unbranched alkanes of at least 4 members (excludes halogenated alkanes) is 4. The highest BCUT2D eigenvalue weighted by Gasteiger charge is 2.22. The Kier molecular flexibility index (Phi) is 9.74. The smallest absolute Gasteiger partial charge is 0.131 e. The Labute approximate surface area is 217 Å². The maximum Gasteiger partial charge on any atom is 0.131 e. The molecule has 0 unspecified atom stereocenters. The van der Waals surface area contributed by atoms with Crippen LogP contribution in [0.4, 0.5) is 4.39 Å². The number of benzene rings is 3. The van der Waals surface area contributed by atoms with E-state index in [1.807, 2.05) is 12.1 Å². The average molecular weight is 482 g/mol. The van der Waals surface area contributed by atoms with Crippen LogP contribution in [0.5, 0.6) is 0 Å². The number of halogens is 1. The Bertz CT molecular complexity index is 1120.